The maximum atomic E-state index is 12.6. The van der Waals surface area contributed by atoms with Crippen LogP contribution in [0.15, 0.2) is 24.3 Å². The van der Waals surface area contributed by atoms with Crippen molar-refractivity contribution < 1.29 is 19.5 Å². The van der Waals surface area contributed by atoms with Crippen molar-refractivity contribution in [2.75, 3.05) is 13.1 Å². The molecule has 164 valence electrons. The highest BCUT2D eigenvalue weighted by atomic mass is 35.5. The molecular formula is C19H22ClN7O4. The Bertz CT molecular complexity index is 999. The smallest absolute Gasteiger partial charge is 0.423 e. The molecule has 0 radical (unpaired) electrons. The molecule has 1 aliphatic heterocycles. The van der Waals surface area contributed by atoms with Crippen LogP contribution in [-0.2, 0) is 16.1 Å². The first kappa shape index (κ1) is 22.2. The first-order valence-corrected chi connectivity index (χ1v) is 9.98. The van der Waals surface area contributed by atoms with Gasteiger partial charge < -0.3 is 10.0 Å². The number of carboxylic acid groups (broad SMARTS) is 1. The molecule has 1 saturated heterocycles. The molecule has 3 amide bonds. The van der Waals surface area contributed by atoms with Crippen molar-refractivity contribution in [2.24, 2.45) is 5.92 Å². The van der Waals surface area contributed by atoms with Crippen LogP contribution in [-0.4, -0.2) is 61.2 Å². The largest absolute Gasteiger partial charge is 0.464 e. The van der Waals surface area contributed by atoms with Crippen molar-refractivity contribution in [3.63, 3.8) is 0 Å². The number of hydrazine groups is 1. The van der Waals surface area contributed by atoms with Crippen molar-refractivity contribution >= 4 is 35.6 Å². The fourth-order valence-electron chi connectivity index (χ4n) is 3.26. The van der Waals surface area contributed by atoms with E-state index in [0.29, 0.717) is 43.3 Å². The van der Waals surface area contributed by atoms with Gasteiger partial charge in [0.05, 0.1) is 6.54 Å². The van der Waals surface area contributed by atoms with Gasteiger partial charge >= 0.3 is 6.09 Å². The second-order valence-corrected chi connectivity index (χ2v) is 7.50. The van der Waals surface area contributed by atoms with E-state index >= 15 is 0 Å². The van der Waals surface area contributed by atoms with Crippen LogP contribution in [0, 0.1) is 12.8 Å². The zero-order chi connectivity index (χ0) is 22.4. The number of rotatable bonds is 5. The first-order valence-electron chi connectivity index (χ1n) is 9.60. The van der Waals surface area contributed by atoms with E-state index in [-0.39, 0.29) is 11.8 Å². The number of hydrogen-bond donors (Lipinski definition) is 3. The number of carbonyl (C=O) groups is 3. The molecule has 0 unspecified atom stereocenters. The van der Waals surface area contributed by atoms with Crippen molar-refractivity contribution in [3.8, 4) is 0 Å². The van der Waals surface area contributed by atoms with Crippen LogP contribution in [0.25, 0.3) is 6.08 Å². The lowest BCUT2D eigenvalue weighted by Crippen LogP contribution is -2.47. The molecule has 3 rings (SSSR count). The summed E-state index contributed by atoms with van der Waals surface area (Å²) in [6.07, 6.45) is 2.78. The van der Waals surface area contributed by atoms with Gasteiger partial charge in [-0.05, 0) is 54.3 Å². The molecule has 12 heteroatoms. The third kappa shape index (κ3) is 6.25. The van der Waals surface area contributed by atoms with Crippen molar-refractivity contribution in [1.82, 2.24) is 36.0 Å². The molecule has 1 aromatic carbocycles. The number of nitrogens with one attached hydrogen (secondary N) is 2. The average Bonchev–Trinajstić information content (AvgIpc) is 3.15. The van der Waals surface area contributed by atoms with Gasteiger partial charge in [-0.3, -0.25) is 15.0 Å². The maximum absolute atomic E-state index is 12.6. The van der Waals surface area contributed by atoms with E-state index < -0.39 is 12.0 Å². The van der Waals surface area contributed by atoms with E-state index in [1.165, 1.54) is 10.9 Å². The summed E-state index contributed by atoms with van der Waals surface area (Å²) in [5.74, 6) is -0.350. The molecule has 0 saturated carbocycles. The minimum absolute atomic E-state index is 0.168. The molecule has 0 atom stereocenters. The summed E-state index contributed by atoms with van der Waals surface area (Å²) >= 11 is 6.12. The third-order valence-corrected chi connectivity index (χ3v) is 5.08. The van der Waals surface area contributed by atoms with Gasteiger partial charge in [0.15, 0.2) is 5.82 Å². The van der Waals surface area contributed by atoms with Crippen LogP contribution in [0.2, 0.25) is 5.02 Å². The Hall–Kier alpha value is -3.47. The number of carbonyl (C=O) groups excluding carboxylic acids is 2. The van der Waals surface area contributed by atoms with Crippen LogP contribution in [0.5, 0.6) is 0 Å². The summed E-state index contributed by atoms with van der Waals surface area (Å²) in [6, 6.07) is 5.35. The predicted octanol–water partition coefficient (Wildman–Crippen LogP) is 1.23. The Kier molecular flexibility index (Phi) is 7.19. The molecule has 31 heavy (non-hydrogen) atoms. The topological polar surface area (TPSA) is 142 Å². The van der Waals surface area contributed by atoms with Crippen LogP contribution in [0.1, 0.15) is 29.8 Å². The number of amides is 3. The summed E-state index contributed by atoms with van der Waals surface area (Å²) in [6.45, 7) is 2.92. The van der Waals surface area contributed by atoms with E-state index in [2.05, 4.69) is 20.8 Å². The van der Waals surface area contributed by atoms with Gasteiger partial charge in [0.2, 0.25) is 11.8 Å². The van der Waals surface area contributed by atoms with Gasteiger partial charge in [-0.25, -0.2) is 10.2 Å². The molecule has 1 fully saturated rings. The summed E-state index contributed by atoms with van der Waals surface area (Å²) in [5, 5.41) is 21.1. The number of tetrazole rings is 1. The molecule has 0 spiro atoms. The number of halogens is 1. The second kappa shape index (κ2) is 10.0. The Balaban J connectivity index is 1.59. The Morgan fingerprint density at radius 2 is 2.00 bits per heavy atom. The molecule has 0 aliphatic carbocycles. The van der Waals surface area contributed by atoms with Gasteiger partial charge in [-0.1, -0.05) is 17.7 Å². The number of hydrogen-bond acceptors (Lipinski definition) is 6. The van der Waals surface area contributed by atoms with Gasteiger partial charge in [0, 0.05) is 30.1 Å². The summed E-state index contributed by atoms with van der Waals surface area (Å²) in [7, 11) is 0. The van der Waals surface area contributed by atoms with Crippen LogP contribution < -0.4 is 10.9 Å². The fourth-order valence-corrected chi connectivity index (χ4v) is 3.46. The van der Waals surface area contributed by atoms with E-state index in [9.17, 15) is 14.4 Å². The highest BCUT2D eigenvalue weighted by molar-refractivity contribution is 6.30. The normalized spacial score (nSPS) is 14.6. The zero-order valence-electron chi connectivity index (χ0n) is 16.8. The second-order valence-electron chi connectivity index (χ2n) is 7.06. The van der Waals surface area contributed by atoms with Gasteiger partial charge in [0.1, 0.15) is 0 Å². The quantitative estimate of drug-likeness (QED) is 0.462. The molecule has 3 N–H and O–H groups in total. The molecule has 2 heterocycles. The first-order chi connectivity index (χ1) is 14.8. The predicted molar refractivity (Wildman–Crippen MR) is 111 cm³/mol. The van der Waals surface area contributed by atoms with Crippen LogP contribution >= 0.6 is 11.6 Å². The van der Waals surface area contributed by atoms with E-state index in [4.69, 9.17) is 16.7 Å². The van der Waals surface area contributed by atoms with Crippen molar-refractivity contribution in [1.29, 1.82) is 0 Å². The highest BCUT2D eigenvalue weighted by Gasteiger charge is 2.26. The third-order valence-electron chi connectivity index (χ3n) is 4.85. The standard InChI is InChI=1S/C19H22ClN7O4/c1-12-21-25-27(24-12)11-15-10-16(20)4-2-13(15)3-5-17(28)26-8-6-14(7-9-26)18(29)22-23-19(30)31/h2-5,10,14,23H,6-9,11H2,1H3,(H,22,29)(H,30,31)/b5-3+. The Morgan fingerprint density at radius 3 is 2.65 bits per heavy atom. The number of aromatic nitrogens is 4. The summed E-state index contributed by atoms with van der Waals surface area (Å²) < 4.78 is 0. The SMILES string of the molecule is Cc1nnn(Cc2cc(Cl)ccc2/C=C/C(=O)N2CCC(C(=O)NNC(=O)O)CC2)n1. The average molecular weight is 448 g/mol. The monoisotopic (exact) mass is 447 g/mol. The lowest BCUT2D eigenvalue weighted by molar-refractivity contribution is -0.132. The lowest BCUT2D eigenvalue weighted by Gasteiger charge is -2.30. The Morgan fingerprint density at radius 1 is 1.26 bits per heavy atom. The zero-order valence-corrected chi connectivity index (χ0v) is 17.5. The minimum atomic E-state index is -1.33. The number of nitrogens with zero attached hydrogens (tertiary/aromatic N) is 5. The molecule has 1 aliphatic rings. The number of piperidine rings is 1. The lowest BCUT2D eigenvalue weighted by atomic mass is 9.96. The van der Waals surface area contributed by atoms with Gasteiger partial charge in [-0.2, -0.15) is 4.80 Å². The van der Waals surface area contributed by atoms with E-state index in [1.807, 2.05) is 11.5 Å². The molecule has 0 bridgehead atoms. The summed E-state index contributed by atoms with van der Waals surface area (Å²) in [4.78, 5) is 38.1. The molecule has 11 nitrogen and oxygen atoms in total. The van der Waals surface area contributed by atoms with E-state index in [0.717, 1.165) is 11.1 Å². The van der Waals surface area contributed by atoms with Crippen LogP contribution in [0.4, 0.5) is 4.79 Å². The van der Waals surface area contributed by atoms with Crippen molar-refractivity contribution in [3.05, 3.63) is 46.2 Å². The number of benzene rings is 1. The van der Waals surface area contributed by atoms with Crippen LogP contribution in [0.3, 0.4) is 0 Å². The van der Waals surface area contributed by atoms with Gasteiger partial charge in [-0.15, -0.1) is 10.2 Å². The highest BCUT2D eigenvalue weighted by Crippen LogP contribution is 2.20. The van der Waals surface area contributed by atoms with E-state index in [1.54, 1.807) is 30.0 Å². The van der Waals surface area contributed by atoms with Gasteiger partial charge in [0.25, 0.3) is 0 Å². The number of likely N-dealkylation sites (tertiary alicyclic amines) is 1. The Labute approximate surface area is 183 Å². The fraction of sp³-hybridized carbons (Fsp3) is 0.368. The maximum Gasteiger partial charge on any atom is 0.423 e. The molecule has 1 aromatic heterocycles. The summed E-state index contributed by atoms with van der Waals surface area (Å²) in [5.41, 5.74) is 5.64. The molecule has 2 aromatic rings. The van der Waals surface area contributed by atoms with Crippen molar-refractivity contribution in [2.45, 2.75) is 26.3 Å². The number of aryl methyl sites for hydroxylation is 1. The molecular weight excluding hydrogens is 426 g/mol. The minimum Gasteiger partial charge on any atom is -0.464 e.